The summed E-state index contributed by atoms with van der Waals surface area (Å²) in [7, 11) is -6.06. The van der Waals surface area contributed by atoms with Gasteiger partial charge in [0, 0.05) is 31.5 Å². The predicted octanol–water partition coefficient (Wildman–Crippen LogP) is 3.60. The molecular formula is C33H32N4O10S2. The van der Waals surface area contributed by atoms with Crippen molar-refractivity contribution in [1.82, 2.24) is 9.03 Å². The topological polar surface area (TPSA) is 216 Å². The van der Waals surface area contributed by atoms with Crippen molar-refractivity contribution >= 4 is 55.2 Å². The Balaban J connectivity index is 1.42. The van der Waals surface area contributed by atoms with E-state index in [1.54, 1.807) is 42.5 Å². The molecule has 0 aliphatic heterocycles. The van der Waals surface area contributed by atoms with Gasteiger partial charge in [0.1, 0.15) is 0 Å². The molecule has 5 N–H and O–H groups in total. The van der Waals surface area contributed by atoms with Crippen molar-refractivity contribution in [2.75, 3.05) is 23.9 Å². The maximum absolute atomic E-state index is 13.0. The highest BCUT2D eigenvalue weighted by atomic mass is 32.2. The van der Waals surface area contributed by atoms with Crippen molar-refractivity contribution in [3.8, 4) is 0 Å². The van der Waals surface area contributed by atoms with Gasteiger partial charge in [-0.25, -0.2) is 35.5 Å². The van der Waals surface area contributed by atoms with Crippen LogP contribution in [0.3, 0.4) is 0 Å². The van der Waals surface area contributed by atoms with Gasteiger partial charge < -0.3 is 20.8 Å². The van der Waals surface area contributed by atoms with Gasteiger partial charge in [0.05, 0.1) is 34.3 Å². The highest BCUT2D eigenvalue weighted by molar-refractivity contribution is 7.88. The first-order chi connectivity index (χ1) is 23.0. The van der Waals surface area contributed by atoms with Crippen molar-refractivity contribution in [1.29, 1.82) is 0 Å². The van der Waals surface area contributed by atoms with Gasteiger partial charge in [-0.05, 0) is 65.2 Å². The second kappa shape index (κ2) is 15.2. The maximum Gasteiger partial charge on any atom is 0.336 e. The van der Waals surface area contributed by atoms with Crippen LogP contribution in [0.1, 0.15) is 58.1 Å². The lowest BCUT2D eigenvalue weighted by Gasteiger charge is -2.15. The molecule has 16 heteroatoms. The Morgan fingerprint density at radius 1 is 0.633 bits per heavy atom. The van der Waals surface area contributed by atoms with Crippen LogP contribution in [0.15, 0.2) is 91.0 Å². The highest BCUT2D eigenvalue weighted by Gasteiger charge is 2.21. The number of anilines is 2. The van der Waals surface area contributed by atoms with Gasteiger partial charge in [0.15, 0.2) is 0 Å². The summed E-state index contributed by atoms with van der Waals surface area (Å²) in [6, 6.07) is 22.0. The fourth-order valence-electron chi connectivity index (χ4n) is 4.67. The maximum atomic E-state index is 13.0. The Kier molecular flexibility index (Phi) is 11.3. The molecule has 49 heavy (non-hydrogen) atoms. The van der Waals surface area contributed by atoms with Crippen molar-refractivity contribution in [3.05, 3.63) is 130 Å². The van der Waals surface area contributed by atoms with Crippen LogP contribution in [0.2, 0.25) is 0 Å². The zero-order valence-electron chi connectivity index (χ0n) is 26.2. The molecule has 0 atom stereocenters. The number of carboxylic acid groups (broad SMARTS) is 2. The first-order valence-electron chi connectivity index (χ1n) is 14.4. The Hall–Kier alpha value is -5.42. The van der Waals surface area contributed by atoms with Gasteiger partial charge in [0.2, 0.25) is 20.0 Å². The van der Waals surface area contributed by atoms with Crippen molar-refractivity contribution in [2.45, 2.75) is 18.8 Å². The summed E-state index contributed by atoms with van der Waals surface area (Å²) in [5.41, 5.74) is 0.884. The zero-order chi connectivity index (χ0) is 35.9. The lowest BCUT2D eigenvalue weighted by atomic mass is 10.0. The van der Waals surface area contributed by atoms with Crippen molar-refractivity contribution < 1.29 is 46.2 Å². The quantitative estimate of drug-likeness (QED) is 0.128. The first-order valence-corrected chi connectivity index (χ1v) is 17.9. The van der Waals surface area contributed by atoms with E-state index in [2.05, 4.69) is 15.4 Å². The molecular weight excluding hydrogens is 677 g/mol. The Morgan fingerprint density at radius 2 is 1.16 bits per heavy atom. The Bertz CT molecular complexity index is 2150. The molecule has 0 aliphatic carbocycles. The lowest BCUT2D eigenvalue weighted by Crippen LogP contribution is -2.25. The monoisotopic (exact) mass is 708 g/mol. The van der Waals surface area contributed by atoms with Gasteiger partial charge in [-0.1, -0.05) is 42.5 Å². The standard InChI is InChI=1S/C33H32N4O10S2/c1-37(48(2,44)45)19-22-8-6-10-25(16-22)36-31(39)27-14-13-23(17-29(27)33(42)43)20-49(46,47)34-18-21-7-5-9-24(15-21)35-30(38)26-11-3-4-12-28(26)32(40)41/h3-17,34H,18-20H2,1-2H3,(H,35,38)(H,36,39)(H,40,41)(H,42,43). The van der Waals surface area contributed by atoms with Crippen LogP contribution in [-0.2, 0) is 38.9 Å². The normalized spacial score (nSPS) is 11.6. The molecule has 0 fully saturated rings. The van der Waals surface area contributed by atoms with Crippen LogP contribution in [0.4, 0.5) is 11.4 Å². The molecule has 2 amide bonds. The molecule has 0 unspecified atom stereocenters. The fraction of sp³-hybridized carbons (Fsp3) is 0.152. The number of hydrogen-bond donors (Lipinski definition) is 5. The van der Waals surface area contributed by atoms with E-state index in [0.717, 1.165) is 16.6 Å². The number of hydrogen-bond acceptors (Lipinski definition) is 8. The second-order valence-corrected chi connectivity index (χ2v) is 14.8. The van der Waals surface area contributed by atoms with Gasteiger partial charge in [-0.2, -0.15) is 0 Å². The van der Waals surface area contributed by atoms with Crippen molar-refractivity contribution in [2.24, 2.45) is 0 Å². The number of nitrogens with zero attached hydrogens (tertiary/aromatic N) is 1. The van der Waals surface area contributed by atoms with E-state index in [-0.39, 0.29) is 35.3 Å². The van der Waals surface area contributed by atoms with E-state index in [9.17, 15) is 46.2 Å². The minimum atomic E-state index is -4.02. The molecule has 0 spiro atoms. The van der Waals surface area contributed by atoms with Crippen LogP contribution < -0.4 is 15.4 Å². The molecule has 14 nitrogen and oxygen atoms in total. The summed E-state index contributed by atoms with van der Waals surface area (Å²) in [5.74, 6) is -4.74. The number of sulfonamides is 2. The Morgan fingerprint density at radius 3 is 1.73 bits per heavy atom. The summed E-state index contributed by atoms with van der Waals surface area (Å²) in [5, 5.41) is 24.4. The number of rotatable bonds is 14. The van der Waals surface area contributed by atoms with Crippen LogP contribution in [0.5, 0.6) is 0 Å². The van der Waals surface area contributed by atoms with Gasteiger partial charge >= 0.3 is 11.9 Å². The van der Waals surface area contributed by atoms with Gasteiger partial charge in [0.25, 0.3) is 11.8 Å². The number of carboxylic acids is 2. The average Bonchev–Trinajstić information content (AvgIpc) is 3.03. The average molecular weight is 709 g/mol. The number of amides is 2. The summed E-state index contributed by atoms with van der Waals surface area (Å²) < 4.78 is 52.9. The fourth-order valence-corrected chi connectivity index (χ4v) is 6.16. The summed E-state index contributed by atoms with van der Waals surface area (Å²) in [4.78, 5) is 49.3. The van der Waals surface area contributed by atoms with E-state index in [1.807, 2.05) is 0 Å². The molecule has 0 heterocycles. The zero-order valence-corrected chi connectivity index (χ0v) is 27.8. The molecule has 0 bridgehead atoms. The Labute approximate surface area is 282 Å². The van der Waals surface area contributed by atoms with Gasteiger partial charge in [-0.3, -0.25) is 9.59 Å². The van der Waals surface area contributed by atoms with Crippen LogP contribution in [-0.4, -0.2) is 68.4 Å². The third-order valence-corrected chi connectivity index (χ3v) is 9.71. The van der Waals surface area contributed by atoms with E-state index in [1.165, 1.54) is 49.5 Å². The van der Waals surface area contributed by atoms with Gasteiger partial charge in [-0.15, -0.1) is 0 Å². The highest BCUT2D eigenvalue weighted by Crippen LogP contribution is 2.20. The number of nitrogens with one attached hydrogen (secondary N) is 3. The smallest absolute Gasteiger partial charge is 0.336 e. The van der Waals surface area contributed by atoms with E-state index in [0.29, 0.717) is 22.5 Å². The lowest BCUT2D eigenvalue weighted by molar-refractivity contribution is 0.0683. The molecule has 4 aromatic carbocycles. The minimum Gasteiger partial charge on any atom is -0.478 e. The molecule has 0 aliphatic rings. The molecule has 0 radical (unpaired) electrons. The molecule has 4 aromatic rings. The molecule has 0 saturated carbocycles. The third kappa shape index (κ3) is 10.0. The summed E-state index contributed by atoms with van der Waals surface area (Å²) in [6.45, 7) is -0.130. The van der Waals surface area contributed by atoms with Crippen LogP contribution >= 0.6 is 0 Å². The predicted molar refractivity (Wildman–Crippen MR) is 181 cm³/mol. The van der Waals surface area contributed by atoms with Crippen LogP contribution in [0, 0.1) is 0 Å². The van der Waals surface area contributed by atoms with E-state index >= 15 is 0 Å². The minimum absolute atomic E-state index is 0.0468. The number of carbonyl (C=O) groups is 4. The molecule has 256 valence electrons. The number of aromatic carboxylic acids is 2. The first kappa shape index (κ1) is 36.4. The van der Waals surface area contributed by atoms with E-state index < -0.39 is 55.1 Å². The van der Waals surface area contributed by atoms with Crippen molar-refractivity contribution in [3.63, 3.8) is 0 Å². The van der Waals surface area contributed by atoms with Crippen LogP contribution in [0.25, 0.3) is 0 Å². The molecule has 0 aromatic heterocycles. The SMILES string of the molecule is CN(Cc1cccc(NC(=O)c2ccc(CS(=O)(=O)NCc3cccc(NC(=O)c4ccccc4C(=O)O)c3)cc2C(=O)O)c1)S(C)(=O)=O. The summed E-state index contributed by atoms with van der Waals surface area (Å²) in [6.07, 6.45) is 1.06. The second-order valence-electron chi connectivity index (χ2n) is 10.9. The number of benzene rings is 4. The molecule has 0 saturated heterocycles. The number of carbonyl (C=O) groups excluding carboxylic acids is 2. The summed E-state index contributed by atoms with van der Waals surface area (Å²) >= 11 is 0. The largest absolute Gasteiger partial charge is 0.478 e. The van der Waals surface area contributed by atoms with E-state index in [4.69, 9.17) is 0 Å². The molecule has 4 rings (SSSR count). The third-order valence-electron chi connectivity index (χ3n) is 7.16.